The first kappa shape index (κ1) is 21.7. The van der Waals surface area contributed by atoms with E-state index in [1.54, 1.807) is 24.3 Å². The summed E-state index contributed by atoms with van der Waals surface area (Å²) < 4.78 is 6.09. The Bertz CT molecular complexity index is 1250. The number of amides is 1. The molecule has 1 aromatic heterocycles. The van der Waals surface area contributed by atoms with E-state index in [1.807, 2.05) is 55.5 Å². The van der Waals surface area contributed by atoms with E-state index in [4.69, 9.17) is 21.0 Å². The first-order valence-electron chi connectivity index (χ1n) is 10.5. The van der Waals surface area contributed by atoms with E-state index in [2.05, 4.69) is 5.32 Å². The van der Waals surface area contributed by atoms with Crippen molar-refractivity contribution in [3.63, 3.8) is 0 Å². The van der Waals surface area contributed by atoms with Crippen molar-refractivity contribution < 1.29 is 14.3 Å². The third-order valence-corrected chi connectivity index (χ3v) is 5.41. The number of phenols is 1. The number of hydrogen-bond donors (Lipinski definition) is 2. The van der Waals surface area contributed by atoms with Gasteiger partial charge in [0.2, 0.25) is 17.7 Å². The standard InChI is InChI=1S/C26H23ClN2O3/c1-2-3-15-23(31)28-26-24(21-13-6-7-14-22(21)27)29-25(32-26)20-12-5-4-11-19(20)17-9-8-10-18(30)16-17/h4-14,16,30H,2-3,15H2,1H3,(H,28,31). The van der Waals surface area contributed by atoms with Gasteiger partial charge in [0.25, 0.3) is 0 Å². The average Bonchev–Trinajstić information content (AvgIpc) is 3.21. The Morgan fingerprint density at radius 1 is 1.00 bits per heavy atom. The number of carbonyl (C=O) groups is 1. The second-order valence-electron chi connectivity index (χ2n) is 7.42. The molecule has 0 spiro atoms. The number of anilines is 1. The lowest BCUT2D eigenvalue weighted by molar-refractivity contribution is -0.116. The summed E-state index contributed by atoms with van der Waals surface area (Å²) in [5.74, 6) is 0.652. The van der Waals surface area contributed by atoms with Gasteiger partial charge in [0, 0.05) is 17.5 Å². The normalized spacial score (nSPS) is 10.8. The molecule has 4 rings (SSSR count). The van der Waals surface area contributed by atoms with Crippen molar-refractivity contribution in [2.75, 3.05) is 5.32 Å². The Morgan fingerprint density at radius 3 is 2.44 bits per heavy atom. The number of phenolic OH excluding ortho intramolecular Hbond substituents is 1. The van der Waals surface area contributed by atoms with Gasteiger partial charge in [-0.1, -0.05) is 73.5 Å². The monoisotopic (exact) mass is 446 g/mol. The van der Waals surface area contributed by atoms with Gasteiger partial charge in [-0.15, -0.1) is 0 Å². The maximum absolute atomic E-state index is 12.5. The second-order valence-corrected chi connectivity index (χ2v) is 7.83. The molecule has 0 bridgehead atoms. The first-order valence-corrected chi connectivity index (χ1v) is 10.9. The molecule has 4 aromatic rings. The van der Waals surface area contributed by atoms with Crippen molar-refractivity contribution in [1.29, 1.82) is 0 Å². The second kappa shape index (κ2) is 9.71. The largest absolute Gasteiger partial charge is 0.508 e. The molecule has 0 aliphatic heterocycles. The summed E-state index contributed by atoms with van der Waals surface area (Å²) in [5, 5.41) is 13.3. The lowest BCUT2D eigenvalue weighted by Gasteiger charge is -2.07. The SMILES string of the molecule is CCCCC(=O)Nc1oc(-c2ccccc2-c2cccc(O)c2)nc1-c1ccccc1Cl. The fourth-order valence-corrected chi connectivity index (χ4v) is 3.70. The highest BCUT2D eigenvalue weighted by Gasteiger charge is 2.21. The molecule has 0 aliphatic rings. The van der Waals surface area contributed by atoms with E-state index in [0.29, 0.717) is 28.6 Å². The van der Waals surface area contributed by atoms with Crippen LogP contribution in [0.4, 0.5) is 5.88 Å². The summed E-state index contributed by atoms with van der Waals surface area (Å²) in [6, 6.07) is 21.9. The highest BCUT2D eigenvalue weighted by atomic mass is 35.5. The lowest BCUT2D eigenvalue weighted by atomic mass is 9.99. The van der Waals surface area contributed by atoms with E-state index >= 15 is 0 Å². The highest BCUT2D eigenvalue weighted by molar-refractivity contribution is 6.33. The predicted octanol–water partition coefficient (Wildman–Crippen LogP) is 7.16. The maximum Gasteiger partial charge on any atom is 0.229 e. The molecule has 162 valence electrons. The van der Waals surface area contributed by atoms with Crippen molar-refractivity contribution in [2.45, 2.75) is 26.2 Å². The number of hydrogen-bond acceptors (Lipinski definition) is 4. The molecular weight excluding hydrogens is 424 g/mol. The van der Waals surface area contributed by atoms with Crippen LogP contribution in [0.5, 0.6) is 5.75 Å². The van der Waals surface area contributed by atoms with Crippen LogP contribution in [-0.4, -0.2) is 16.0 Å². The number of aromatic hydroxyl groups is 1. The number of carbonyl (C=O) groups excluding carboxylic acids is 1. The van der Waals surface area contributed by atoms with Crippen LogP contribution < -0.4 is 5.32 Å². The lowest BCUT2D eigenvalue weighted by Crippen LogP contribution is -2.11. The van der Waals surface area contributed by atoms with Gasteiger partial charge in [-0.3, -0.25) is 10.1 Å². The summed E-state index contributed by atoms with van der Waals surface area (Å²) in [6.45, 7) is 2.04. The molecule has 0 saturated heterocycles. The number of halogens is 1. The van der Waals surface area contributed by atoms with Gasteiger partial charge in [-0.05, 0) is 41.8 Å². The fourth-order valence-electron chi connectivity index (χ4n) is 3.48. The van der Waals surface area contributed by atoms with Crippen molar-refractivity contribution in [3.8, 4) is 39.6 Å². The van der Waals surface area contributed by atoms with Crippen LogP contribution in [0, 0.1) is 0 Å². The minimum absolute atomic E-state index is 0.135. The molecule has 6 heteroatoms. The van der Waals surface area contributed by atoms with Crippen molar-refractivity contribution in [1.82, 2.24) is 4.98 Å². The fraction of sp³-hybridized carbons (Fsp3) is 0.154. The Balaban J connectivity index is 1.82. The molecular formula is C26H23ClN2O3. The van der Waals surface area contributed by atoms with Crippen molar-refractivity contribution in [2.24, 2.45) is 0 Å². The summed E-state index contributed by atoms with van der Waals surface area (Å²) in [5.41, 5.74) is 3.55. The van der Waals surface area contributed by atoms with E-state index in [1.165, 1.54) is 0 Å². The highest BCUT2D eigenvalue weighted by Crippen LogP contribution is 2.39. The predicted molar refractivity (Wildman–Crippen MR) is 128 cm³/mol. The Kier molecular flexibility index (Phi) is 6.57. The van der Waals surface area contributed by atoms with Crippen LogP contribution in [0.15, 0.2) is 77.2 Å². The molecule has 5 nitrogen and oxygen atoms in total. The summed E-state index contributed by atoms with van der Waals surface area (Å²) in [7, 11) is 0. The summed E-state index contributed by atoms with van der Waals surface area (Å²) in [4.78, 5) is 17.2. The third-order valence-electron chi connectivity index (χ3n) is 5.08. The smallest absolute Gasteiger partial charge is 0.229 e. The number of benzene rings is 3. The number of oxazole rings is 1. The summed E-state index contributed by atoms with van der Waals surface area (Å²) >= 11 is 6.43. The first-order chi connectivity index (χ1) is 15.6. The third kappa shape index (κ3) is 4.68. The Hall–Kier alpha value is -3.57. The zero-order valence-corrected chi connectivity index (χ0v) is 18.4. The van der Waals surface area contributed by atoms with E-state index < -0.39 is 0 Å². The van der Waals surface area contributed by atoms with Gasteiger partial charge in [-0.2, -0.15) is 0 Å². The Labute approximate surface area is 191 Å². The molecule has 0 aliphatic carbocycles. The Morgan fingerprint density at radius 2 is 1.72 bits per heavy atom. The zero-order valence-electron chi connectivity index (χ0n) is 17.6. The van der Waals surface area contributed by atoms with E-state index in [0.717, 1.165) is 29.5 Å². The number of rotatable bonds is 7. The zero-order chi connectivity index (χ0) is 22.5. The number of nitrogens with zero attached hydrogens (tertiary/aromatic N) is 1. The van der Waals surface area contributed by atoms with E-state index in [9.17, 15) is 9.90 Å². The average molecular weight is 447 g/mol. The summed E-state index contributed by atoms with van der Waals surface area (Å²) in [6.07, 6.45) is 2.10. The molecule has 0 radical (unpaired) electrons. The number of nitrogens with one attached hydrogen (secondary N) is 1. The molecule has 0 saturated carbocycles. The van der Waals surface area contributed by atoms with Gasteiger partial charge in [0.1, 0.15) is 11.4 Å². The van der Waals surface area contributed by atoms with Gasteiger partial charge in [0.15, 0.2) is 0 Å². The molecule has 32 heavy (non-hydrogen) atoms. The van der Waals surface area contributed by atoms with Crippen LogP contribution in [0.3, 0.4) is 0 Å². The van der Waals surface area contributed by atoms with Crippen LogP contribution in [0.25, 0.3) is 33.8 Å². The van der Waals surface area contributed by atoms with Gasteiger partial charge < -0.3 is 9.52 Å². The molecule has 0 unspecified atom stereocenters. The van der Waals surface area contributed by atoms with Crippen LogP contribution >= 0.6 is 11.6 Å². The number of unbranched alkanes of at least 4 members (excludes halogenated alkanes) is 1. The van der Waals surface area contributed by atoms with Crippen LogP contribution in [-0.2, 0) is 4.79 Å². The minimum Gasteiger partial charge on any atom is -0.508 e. The van der Waals surface area contributed by atoms with Gasteiger partial charge in [0.05, 0.1) is 5.02 Å². The quantitative estimate of drug-likeness (QED) is 0.315. The van der Waals surface area contributed by atoms with E-state index in [-0.39, 0.29) is 17.5 Å². The molecule has 1 amide bonds. The van der Waals surface area contributed by atoms with Crippen molar-refractivity contribution >= 4 is 23.4 Å². The maximum atomic E-state index is 12.5. The van der Waals surface area contributed by atoms with Crippen molar-refractivity contribution in [3.05, 3.63) is 77.8 Å². The van der Waals surface area contributed by atoms with Crippen LogP contribution in [0.1, 0.15) is 26.2 Å². The molecule has 0 atom stereocenters. The molecule has 1 heterocycles. The minimum atomic E-state index is -0.135. The molecule has 2 N–H and O–H groups in total. The molecule has 0 fully saturated rings. The van der Waals surface area contributed by atoms with Crippen LogP contribution in [0.2, 0.25) is 5.02 Å². The van der Waals surface area contributed by atoms with Gasteiger partial charge in [-0.25, -0.2) is 4.98 Å². The molecule has 3 aromatic carbocycles. The topological polar surface area (TPSA) is 75.4 Å². The number of aromatic nitrogens is 1. The van der Waals surface area contributed by atoms with Gasteiger partial charge >= 0.3 is 0 Å².